The zero-order valence-electron chi connectivity index (χ0n) is 22.6. The summed E-state index contributed by atoms with van der Waals surface area (Å²) in [4.78, 5) is 32.4. The van der Waals surface area contributed by atoms with E-state index in [2.05, 4.69) is 29.1 Å². The largest absolute Gasteiger partial charge is 0.466 e. The number of hydrogen-bond acceptors (Lipinski definition) is 5. The van der Waals surface area contributed by atoms with E-state index in [0.717, 1.165) is 30.5 Å². The Morgan fingerprint density at radius 2 is 1.93 bits per heavy atom. The number of ether oxygens (including phenoxy) is 1. The number of hydrogen-bond donors (Lipinski definition) is 0. The van der Waals surface area contributed by atoms with Crippen LogP contribution in [0.4, 0.5) is 4.39 Å². The first-order valence-electron chi connectivity index (χ1n) is 14.2. The Labute approximate surface area is 232 Å². The SMILES string of the molecule is CCOC(=O)[C@@H]1C[C@@H]1c1ccc(-c2nc3cc(C(=O)N4CCc5ccccc5[C@H]4C)cc(C4CC4)n3n2)c(F)c1. The lowest BCUT2D eigenvalue weighted by Gasteiger charge is -2.35. The Morgan fingerprint density at radius 3 is 2.70 bits per heavy atom. The highest BCUT2D eigenvalue weighted by Crippen LogP contribution is 2.48. The summed E-state index contributed by atoms with van der Waals surface area (Å²) < 4.78 is 22.2. The van der Waals surface area contributed by atoms with Crippen LogP contribution in [0.1, 0.15) is 83.7 Å². The quantitative estimate of drug-likeness (QED) is 0.288. The van der Waals surface area contributed by atoms with E-state index >= 15 is 4.39 Å². The van der Waals surface area contributed by atoms with Crippen molar-refractivity contribution in [3.8, 4) is 11.4 Å². The van der Waals surface area contributed by atoms with Gasteiger partial charge in [0.2, 0.25) is 0 Å². The molecule has 2 aliphatic carbocycles. The predicted molar refractivity (Wildman–Crippen MR) is 147 cm³/mol. The van der Waals surface area contributed by atoms with E-state index in [4.69, 9.17) is 4.74 Å². The number of pyridine rings is 1. The van der Waals surface area contributed by atoms with Crippen LogP contribution in [0.15, 0.2) is 54.6 Å². The average molecular weight is 539 g/mol. The number of benzene rings is 2. The molecule has 2 saturated carbocycles. The van der Waals surface area contributed by atoms with Crippen molar-refractivity contribution in [2.75, 3.05) is 13.2 Å². The molecule has 0 radical (unpaired) electrons. The van der Waals surface area contributed by atoms with Crippen molar-refractivity contribution >= 4 is 17.5 Å². The first kappa shape index (κ1) is 24.9. The maximum Gasteiger partial charge on any atom is 0.309 e. The van der Waals surface area contributed by atoms with E-state index in [0.29, 0.717) is 42.3 Å². The fourth-order valence-corrected chi connectivity index (χ4v) is 6.15. The van der Waals surface area contributed by atoms with Crippen molar-refractivity contribution in [1.82, 2.24) is 19.5 Å². The molecule has 8 heteroatoms. The minimum absolute atomic E-state index is 0.0178. The maximum absolute atomic E-state index is 15.3. The molecule has 3 atom stereocenters. The van der Waals surface area contributed by atoms with Gasteiger partial charge in [-0.05, 0) is 86.4 Å². The number of amides is 1. The molecule has 204 valence electrons. The van der Waals surface area contributed by atoms with Gasteiger partial charge in [-0.2, -0.15) is 0 Å². The Morgan fingerprint density at radius 1 is 1.10 bits per heavy atom. The van der Waals surface area contributed by atoms with Crippen molar-refractivity contribution in [2.24, 2.45) is 5.92 Å². The van der Waals surface area contributed by atoms with Gasteiger partial charge in [0.15, 0.2) is 11.5 Å². The molecule has 7 rings (SSSR count). The van der Waals surface area contributed by atoms with Crippen molar-refractivity contribution < 1.29 is 18.7 Å². The Kier molecular flexibility index (Phi) is 5.95. The topological polar surface area (TPSA) is 76.8 Å². The van der Waals surface area contributed by atoms with Gasteiger partial charge < -0.3 is 9.64 Å². The van der Waals surface area contributed by atoms with Crippen molar-refractivity contribution in [3.05, 3.63) is 88.4 Å². The zero-order chi connectivity index (χ0) is 27.5. The number of esters is 1. The molecule has 0 spiro atoms. The highest BCUT2D eigenvalue weighted by Gasteiger charge is 2.45. The summed E-state index contributed by atoms with van der Waals surface area (Å²) in [5.41, 5.74) is 5.64. The average Bonchev–Trinajstić information content (AvgIpc) is 3.89. The second-order valence-corrected chi connectivity index (χ2v) is 11.2. The molecule has 3 aliphatic rings. The van der Waals surface area contributed by atoms with E-state index in [1.807, 2.05) is 29.2 Å². The Hall–Kier alpha value is -4.07. The zero-order valence-corrected chi connectivity index (χ0v) is 22.6. The van der Waals surface area contributed by atoms with E-state index in [9.17, 15) is 9.59 Å². The van der Waals surface area contributed by atoms with Gasteiger partial charge in [0.25, 0.3) is 5.91 Å². The van der Waals surface area contributed by atoms with Crippen LogP contribution in [-0.2, 0) is 16.0 Å². The molecule has 2 aromatic heterocycles. The highest BCUT2D eigenvalue weighted by molar-refractivity contribution is 5.96. The van der Waals surface area contributed by atoms with Gasteiger partial charge in [-0.3, -0.25) is 9.59 Å². The van der Waals surface area contributed by atoms with Crippen LogP contribution in [0.3, 0.4) is 0 Å². The van der Waals surface area contributed by atoms with Crippen LogP contribution in [0.25, 0.3) is 17.0 Å². The number of nitrogens with zero attached hydrogens (tertiary/aromatic N) is 4. The Bertz CT molecular complexity index is 1660. The first-order valence-corrected chi connectivity index (χ1v) is 14.2. The third kappa shape index (κ3) is 4.26. The normalized spacial score (nSPS) is 21.8. The summed E-state index contributed by atoms with van der Waals surface area (Å²) in [5.74, 6) is -0.289. The second-order valence-electron chi connectivity index (χ2n) is 11.2. The smallest absolute Gasteiger partial charge is 0.309 e. The number of carbonyl (C=O) groups is 2. The molecular formula is C32H31FN4O3. The van der Waals surface area contributed by atoms with E-state index < -0.39 is 5.82 Å². The second kappa shape index (κ2) is 9.54. The molecule has 2 aromatic carbocycles. The number of halogens is 1. The molecule has 4 aromatic rings. The molecule has 7 nitrogen and oxygen atoms in total. The lowest BCUT2D eigenvalue weighted by atomic mass is 9.93. The van der Waals surface area contributed by atoms with Crippen LogP contribution in [-0.4, -0.2) is 44.5 Å². The monoisotopic (exact) mass is 538 g/mol. The molecule has 3 heterocycles. The molecule has 0 unspecified atom stereocenters. The molecular weight excluding hydrogens is 507 g/mol. The molecule has 0 N–H and O–H groups in total. The van der Waals surface area contributed by atoms with Gasteiger partial charge >= 0.3 is 5.97 Å². The summed E-state index contributed by atoms with van der Waals surface area (Å²) in [6.45, 7) is 4.87. The summed E-state index contributed by atoms with van der Waals surface area (Å²) in [6, 6.07) is 17.0. The van der Waals surface area contributed by atoms with Gasteiger partial charge in [0.1, 0.15) is 5.82 Å². The summed E-state index contributed by atoms with van der Waals surface area (Å²) in [6.07, 6.45) is 3.56. The number of fused-ring (bicyclic) bond motifs is 2. The summed E-state index contributed by atoms with van der Waals surface area (Å²) in [7, 11) is 0. The summed E-state index contributed by atoms with van der Waals surface area (Å²) >= 11 is 0. The predicted octanol–water partition coefficient (Wildman–Crippen LogP) is 5.84. The van der Waals surface area contributed by atoms with Crippen LogP contribution in [0, 0.1) is 11.7 Å². The number of aromatic nitrogens is 3. The maximum atomic E-state index is 15.3. The molecule has 1 aliphatic heterocycles. The van der Waals surface area contributed by atoms with Crippen molar-refractivity contribution in [2.45, 2.75) is 57.4 Å². The molecule has 40 heavy (non-hydrogen) atoms. The van der Waals surface area contributed by atoms with Crippen molar-refractivity contribution in [1.29, 1.82) is 0 Å². The molecule has 0 saturated heterocycles. The van der Waals surface area contributed by atoms with Gasteiger partial charge in [0.05, 0.1) is 24.1 Å². The molecule has 0 bridgehead atoms. The van der Waals surface area contributed by atoms with Crippen LogP contribution >= 0.6 is 0 Å². The standard InChI is InChI=1S/C32H31FN4O3/c1-3-40-32(39)26-17-25(26)21-10-11-24(27(33)14-21)30-34-29-16-22(15-28(20-8-9-20)37(29)35-30)31(38)36-13-12-19-6-4-5-7-23(19)18(36)2/h4-7,10-11,14-16,18,20,25-26H,3,8-9,12-13,17H2,1-2H3/t18-,25-,26-/m1/s1. The lowest BCUT2D eigenvalue weighted by Crippen LogP contribution is -2.38. The Balaban J connectivity index is 1.20. The first-order chi connectivity index (χ1) is 19.4. The minimum Gasteiger partial charge on any atom is -0.466 e. The van der Waals surface area contributed by atoms with Gasteiger partial charge in [-0.25, -0.2) is 13.9 Å². The van der Waals surface area contributed by atoms with Crippen LogP contribution in [0.5, 0.6) is 0 Å². The van der Waals surface area contributed by atoms with E-state index in [1.165, 1.54) is 17.2 Å². The molecule has 1 amide bonds. The molecule has 2 fully saturated rings. The number of carbonyl (C=O) groups excluding carboxylic acids is 2. The fraction of sp³-hybridized carbons (Fsp3) is 0.375. The van der Waals surface area contributed by atoms with Crippen LogP contribution in [0.2, 0.25) is 0 Å². The van der Waals surface area contributed by atoms with E-state index in [1.54, 1.807) is 23.6 Å². The summed E-state index contributed by atoms with van der Waals surface area (Å²) in [5, 5.41) is 4.69. The highest BCUT2D eigenvalue weighted by atomic mass is 19.1. The lowest BCUT2D eigenvalue weighted by molar-refractivity contribution is -0.144. The van der Waals surface area contributed by atoms with Gasteiger partial charge in [-0.1, -0.05) is 30.3 Å². The number of rotatable bonds is 6. The minimum atomic E-state index is -0.423. The fourth-order valence-electron chi connectivity index (χ4n) is 6.15. The van der Waals surface area contributed by atoms with E-state index in [-0.39, 0.29) is 35.6 Å². The third-order valence-corrected chi connectivity index (χ3v) is 8.60. The third-order valence-electron chi connectivity index (χ3n) is 8.60. The van der Waals surface area contributed by atoms with Gasteiger partial charge in [-0.15, -0.1) is 5.10 Å². The van der Waals surface area contributed by atoms with Crippen molar-refractivity contribution in [3.63, 3.8) is 0 Å². The van der Waals surface area contributed by atoms with Gasteiger partial charge in [0, 0.05) is 23.7 Å². The van der Waals surface area contributed by atoms with Crippen LogP contribution < -0.4 is 0 Å².